The minimum Gasteiger partial charge on any atom is -0.487 e. The molecule has 214 valence electrons. The van der Waals surface area contributed by atoms with E-state index in [1.54, 1.807) is 24.4 Å². The molecular weight excluding hydrogens is 538 g/mol. The second kappa shape index (κ2) is 11.8. The van der Waals surface area contributed by atoms with Gasteiger partial charge < -0.3 is 24.8 Å². The molecule has 1 saturated heterocycles. The van der Waals surface area contributed by atoms with E-state index in [1.165, 1.54) is 24.7 Å². The summed E-state index contributed by atoms with van der Waals surface area (Å²) in [6.07, 6.45) is 3.84. The first-order valence-electron chi connectivity index (χ1n) is 12.9. The number of hydrogen-bond donors (Lipinski definition) is 2. The molecule has 2 amide bonds. The Morgan fingerprint density at radius 3 is 2.80 bits per heavy atom. The molecular formula is C28H28F2N6O5. The summed E-state index contributed by atoms with van der Waals surface area (Å²) in [5.74, 6) is -2.19. The quantitative estimate of drug-likeness (QED) is 0.329. The van der Waals surface area contributed by atoms with E-state index in [2.05, 4.69) is 25.7 Å². The number of carbonyl (C=O) groups is 2. The van der Waals surface area contributed by atoms with Crippen molar-refractivity contribution in [2.24, 2.45) is 0 Å². The number of aromatic nitrogens is 4. The first-order chi connectivity index (χ1) is 19.7. The zero-order valence-electron chi connectivity index (χ0n) is 22.6. The second-order valence-electron chi connectivity index (χ2n) is 9.61. The maximum absolute atomic E-state index is 14.8. The molecule has 11 nitrogen and oxygen atoms in total. The Hall–Kier alpha value is -4.65. The van der Waals surface area contributed by atoms with E-state index in [1.807, 2.05) is 6.92 Å². The van der Waals surface area contributed by atoms with Gasteiger partial charge in [0.25, 0.3) is 5.91 Å². The van der Waals surface area contributed by atoms with Gasteiger partial charge in [-0.25, -0.2) is 23.3 Å². The van der Waals surface area contributed by atoms with Gasteiger partial charge in [-0.3, -0.25) is 9.59 Å². The summed E-state index contributed by atoms with van der Waals surface area (Å²) in [6.45, 7) is 3.55. The molecule has 0 spiro atoms. The number of carbonyl (C=O) groups excluding carboxylic acids is 2. The monoisotopic (exact) mass is 566 g/mol. The maximum Gasteiger partial charge on any atom is 0.257 e. The van der Waals surface area contributed by atoms with Crippen LogP contribution < -0.4 is 20.1 Å². The van der Waals surface area contributed by atoms with E-state index >= 15 is 0 Å². The molecule has 0 bridgehead atoms. The van der Waals surface area contributed by atoms with Crippen molar-refractivity contribution in [1.82, 2.24) is 24.9 Å². The van der Waals surface area contributed by atoms with Crippen molar-refractivity contribution < 1.29 is 32.6 Å². The zero-order chi connectivity index (χ0) is 29.1. The molecule has 0 radical (unpaired) electrons. The number of imidazole rings is 1. The minimum atomic E-state index is -0.850. The van der Waals surface area contributed by atoms with Gasteiger partial charge >= 0.3 is 0 Å². The number of nitrogens with one attached hydrogen (secondary N) is 2. The van der Waals surface area contributed by atoms with E-state index in [0.717, 1.165) is 12.1 Å². The summed E-state index contributed by atoms with van der Waals surface area (Å²) < 4.78 is 47.1. The molecule has 4 heterocycles. The van der Waals surface area contributed by atoms with Crippen LogP contribution in [0.2, 0.25) is 0 Å². The molecule has 2 atom stereocenters. The van der Waals surface area contributed by atoms with Gasteiger partial charge in [0.1, 0.15) is 17.5 Å². The van der Waals surface area contributed by atoms with Crippen LogP contribution in [-0.4, -0.2) is 57.3 Å². The molecule has 13 heteroatoms. The topological polar surface area (TPSA) is 129 Å². The number of amides is 2. The van der Waals surface area contributed by atoms with E-state index in [4.69, 9.17) is 14.2 Å². The maximum atomic E-state index is 14.8. The van der Waals surface area contributed by atoms with Crippen LogP contribution in [0.3, 0.4) is 0 Å². The number of fused-ring (bicyclic) bond motifs is 1. The SMILES string of the molecule is COc1ncc(-c2ccc3nc(NC(C)=O)cn3n2)cc1C(=O)NCc1cc(F)cc(F)c1OC1CCOC(C)C1. The molecule has 1 aromatic carbocycles. The van der Waals surface area contributed by atoms with Crippen molar-refractivity contribution >= 4 is 23.3 Å². The molecule has 3 aromatic heterocycles. The van der Waals surface area contributed by atoms with Gasteiger partial charge in [0.15, 0.2) is 23.0 Å². The van der Waals surface area contributed by atoms with E-state index in [9.17, 15) is 18.4 Å². The molecule has 41 heavy (non-hydrogen) atoms. The molecule has 1 fully saturated rings. The molecule has 5 rings (SSSR count). The van der Waals surface area contributed by atoms with Gasteiger partial charge in [0, 0.05) is 49.7 Å². The number of ether oxygens (including phenoxy) is 3. The Balaban J connectivity index is 1.37. The molecule has 0 aliphatic carbocycles. The predicted octanol–water partition coefficient (Wildman–Crippen LogP) is 3.91. The van der Waals surface area contributed by atoms with E-state index < -0.39 is 17.5 Å². The fourth-order valence-corrected chi connectivity index (χ4v) is 4.57. The number of methoxy groups -OCH3 is 1. The molecule has 4 aromatic rings. The van der Waals surface area contributed by atoms with Crippen molar-refractivity contribution in [3.63, 3.8) is 0 Å². The summed E-state index contributed by atoms with van der Waals surface area (Å²) >= 11 is 0. The van der Waals surface area contributed by atoms with E-state index in [0.29, 0.717) is 42.2 Å². The van der Waals surface area contributed by atoms with Crippen molar-refractivity contribution in [2.75, 3.05) is 19.0 Å². The fraction of sp³-hybridized carbons (Fsp3) is 0.321. The Labute approximate surface area is 233 Å². The number of nitrogens with zero attached hydrogens (tertiary/aromatic N) is 4. The van der Waals surface area contributed by atoms with Crippen LogP contribution in [0.15, 0.2) is 42.7 Å². The van der Waals surface area contributed by atoms with Crippen LogP contribution in [-0.2, 0) is 16.1 Å². The summed E-state index contributed by atoms with van der Waals surface area (Å²) in [5, 5.41) is 9.79. The highest BCUT2D eigenvalue weighted by molar-refractivity contribution is 5.97. The van der Waals surface area contributed by atoms with E-state index in [-0.39, 0.29) is 47.4 Å². The van der Waals surface area contributed by atoms with Gasteiger partial charge in [0.2, 0.25) is 11.8 Å². The Morgan fingerprint density at radius 1 is 1.22 bits per heavy atom. The highest BCUT2D eigenvalue weighted by Crippen LogP contribution is 2.29. The first-order valence-corrected chi connectivity index (χ1v) is 12.9. The zero-order valence-corrected chi connectivity index (χ0v) is 22.6. The highest BCUT2D eigenvalue weighted by Gasteiger charge is 2.24. The van der Waals surface area contributed by atoms with Crippen LogP contribution in [0.4, 0.5) is 14.6 Å². The summed E-state index contributed by atoms with van der Waals surface area (Å²) in [7, 11) is 1.38. The number of rotatable bonds is 8. The Kier molecular flexibility index (Phi) is 8.06. The van der Waals surface area contributed by atoms with Gasteiger partial charge in [-0.05, 0) is 31.2 Å². The number of anilines is 1. The van der Waals surface area contributed by atoms with Crippen molar-refractivity contribution in [3.05, 3.63) is 65.5 Å². The third-order valence-corrected chi connectivity index (χ3v) is 6.46. The summed E-state index contributed by atoms with van der Waals surface area (Å²) in [6, 6.07) is 6.84. The molecule has 2 unspecified atom stereocenters. The lowest BCUT2D eigenvalue weighted by Gasteiger charge is -2.28. The number of hydrogen-bond acceptors (Lipinski definition) is 8. The standard InChI is InChI=1S/C28H28F2N6O5/c1-15-8-20(6-7-40-15)41-26-18(9-19(29)11-22(26)30)13-31-27(38)21-10-17(12-32-28(21)39-3)23-4-5-25-34-24(33-16(2)37)14-36(25)35-23/h4-5,9-12,14-15,20H,6-8,13H2,1-3H3,(H,31,38)(H,33,37). The third-order valence-electron chi connectivity index (χ3n) is 6.46. The van der Waals surface area contributed by atoms with Gasteiger partial charge in [0.05, 0.1) is 31.7 Å². The number of pyridine rings is 1. The molecule has 1 aliphatic heterocycles. The Bertz CT molecular complexity index is 1610. The smallest absolute Gasteiger partial charge is 0.257 e. The van der Waals surface area contributed by atoms with Crippen LogP contribution in [0.1, 0.15) is 42.6 Å². The second-order valence-corrected chi connectivity index (χ2v) is 9.61. The van der Waals surface area contributed by atoms with Crippen molar-refractivity contribution in [3.8, 4) is 22.9 Å². The largest absolute Gasteiger partial charge is 0.487 e. The molecule has 0 saturated carbocycles. The lowest BCUT2D eigenvalue weighted by Crippen LogP contribution is -2.32. The lowest BCUT2D eigenvalue weighted by atomic mass is 10.1. The number of benzene rings is 1. The fourth-order valence-electron chi connectivity index (χ4n) is 4.57. The highest BCUT2D eigenvalue weighted by atomic mass is 19.1. The van der Waals surface area contributed by atoms with Gasteiger partial charge in [-0.15, -0.1) is 0 Å². The van der Waals surface area contributed by atoms with Crippen LogP contribution in [0, 0.1) is 11.6 Å². The molecule has 2 N–H and O–H groups in total. The lowest BCUT2D eigenvalue weighted by molar-refractivity contribution is -0.114. The number of halogens is 2. The minimum absolute atomic E-state index is 0.0455. The average molecular weight is 567 g/mol. The summed E-state index contributed by atoms with van der Waals surface area (Å²) in [4.78, 5) is 33.1. The Morgan fingerprint density at radius 2 is 2.05 bits per heavy atom. The van der Waals surface area contributed by atoms with Gasteiger partial charge in [-0.1, -0.05) is 0 Å². The first kappa shape index (κ1) is 27.9. The van der Waals surface area contributed by atoms with Crippen molar-refractivity contribution in [1.29, 1.82) is 0 Å². The third kappa shape index (κ3) is 6.40. The summed E-state index contributed by atoms with van der Waals surface area (Å²) in [5.41, 5.74) is 1.73. The van der Waals surface area contributed by atoms with Crippen molar-refractivity contribution in [2.45, 2.75) is 45.4 Å². The average Bonchev–Trinajstić information content (AvgIpc) is 3.33. The van der Waals surface area contributed by atoms with Crippen LogP contribution >= 0.6 is 0 Å². The predicted molar refractivity (Wildman–Crippen MR) is 144 cm³/mol. The normalized spacial score (nSPS) is 16.8. The van der Waals surface area contributed by atoms with Crippen LogP contribution in [0.5, 0.6) is 11.6 Å². The molecule has 1 aliphatic rings. The van der Waals surface area contributed by atoms with Gasteiger partial charge in [-0.2, -0.15) is 5.10 Å². The van der Waals surface area contributed by atoms with Crippen LogP contribution in [0.25, 0.3) is 16.9 Å².